The summed E-state index contributed by atoms with van der Waals surface area (Å²) in [5.74, 6) is 0.0371. The number of nitrogens with one attached hydrogen (secondary N) is 1. The number of unbranched alkanes of at least 4 members (excludes halogenated alkanes) is 1. The largest absolute Gasteiger partial charge is 0.494 e. The zero-order chi connectivity index (χ0) is 21.3. The fraction of sp³-hybridized carbons (Fsp3) is 0.261. The quantitative estimate of drug-likeness (QED) is 0.549. The van der Waals surface area contributed by atoms with Crippen molar-refractivity contribution in [2.24, 2.45) is 0 Å². The first-order chi connectivity index (χ1) is 14.6. The number of hydrogen-bond donors (Lipinski definition) is 1. The van der Waals surface area contributed by atoms with E-state index in [4.69, 9.17) is 4.74 Å². The zero-order valence-corrected chi connectivity index (χ0v) is 16.8. The molecule has 156 valence electrons. The standard InChI is InChI=1S/C23H24FN3O3/c1-2-3-16-30-20-10-4-17(5-11-20)14-15-25-23(29)21-12-13-22(28)27(26-21)19-8-6-18(24)7-9-19/h4-13H,2-3,14-16H2,1H3,(H,25,29). The van der Waals surface area contributed by atoms with Gasteiger partial charge in [-0.2, -0.15) is 9.78 Å². The van der Waals surface area contributed by atoms with Gasteiger partial charge in [0.2, 0.25) is 0 Å². The van der Waals surface area contributed by atoms with Gasteiger partial charge in [-0.05, 0) is 60.9 Å². The lowest BCUT2D eigenvalue weighted by atomic mass is 10.1. The van der Waals surface area contributed by atoms with Crippen molar-refractivity contribution in [2.45, 2.75) is 26.2 Å². The molecule has 0 saturated heterocycles. The monoisotopic (exact) mass is 409 g/mol. The van der Waals surface area contributed by atoms with Crippen molar-refractivity contribution >= 4 is 5.91 Å². The minimum Gasteiger partial charge on any atom is -0.494 e. The van der Waals surface area contributed by atoms with Crippen molar-refractivity contribution in [1.29, 1.82) is 0 Å². The average molecular weight is 409 g/mol. The number of hydrogen-bond acceptors (Lipinski definition) is 4. The molecule has 0 unspecified atom stereocenters. The molecule has 0 aliphatic heterocycles. The van der Waals surface area contributed by atoms with Crippen molar-refractivity contribution in [3.05, 3.63) is 88.1 Å². The molecule has 7 heteroatoms. The number of ether oxygens (including phenoxy) is 1. The maximum atomic E-state index is 13.1. The first-order valence-electron chi connectivity index (χ1n) is 9.93. The third-order valence-electron chi connectivity index (χ3n) is 4.49. The summed E-state index contributed by atoms with van der Waals surface area (Å²) in [5.41, 5.74) is 1.16. The minimum atomic E-state index is -0.416. The molecule has 0 spiro atoms. The number of carbonyl (C=O) groups is 1. The highest BCUT2D eigenvalue weighted by molar-refractivity contribution is 5.92. The summed E-state index contributed by atoms with van der Waals surface area (Å²) in [5, 5.41) is 6.90. The van der Waals surface area contributed by atoms with Crippen LogP contribution in [0.2, 0.25) is 0 Å². The van der Waals surface area contributed by atoms with Gasteiger partial charge < -0.3 is 10.1 Å². The minimum absolute atomic E-state index is 0.110. The molecule has 1 aromatic heterocycles. The van der Waals surface area contributed by atoms with E-state index in [2.05, 4.69) is 17.3 Å². The van der Waals surface area contributed by atoms with Crippen LogP contribution in [0.4, 0.5) is 4.39 Å². The Hall–Kier alpha value is -3.48. The smallest absolute Gasteiger partial charge is 0.271 e. The fourth-order valence-corrected chi connectivity index (χ4v) is 2.80. The van der Waals surface area contributed by atoms with Crippen LogP contribution in [0.25, 0.3) is 5.69 Å². The molecule has 0 aliphatic carbocycles. The summed E-state index contributed by atoms with van der Waals surface area (Å²) in [6, 6.07) is 15.8. The summed E-state index contributed by atoms with van der Waals surface area (Å²) >= 11 is 0. The van der Waals surface area contributed by atoms with Gasteiger partial charge in [-0.3, -0.25) is 9.59 Å². The molecule has 6 nitrogen and oxygen atoms in total. The van der Waals surface area contributed by atoms with Crippen LogP contribution in [0.15, 0.2) is 65.5 Å². The van der Waals surface area contributed by atoms with Gasteiger partial charge in [-0.1, -0.05) is 25.5 Å². The Kier molecular flexibility index (Phi) is 7.32. The molecular weight excluding hydrogens is 385 g/mol. The zero-order valence-electron chi connectivity index (χ0n) is 16.8. The predicted molar refractivity (Wildman–Crippen MR) is 113 cm³/mol. The summed E-state index contributed by atoms with van der Waals surface area (Å²) in [6.07, 6.45) is 2.77. The van der Waals surface area contributed by atoms with E-state index in [0.29, 0.717) is 25.3 Å². The second-order valence-electron chi connectivity index (χ2n) is 6.80. The van der Waals surface area contributed by atoms with Crippen LogP contribution in [0.1, 0.15) is 35.8 Å². The van der Waals surface area contributed by atoms with Crippen LogP contribution >= 0.6 is 0 Å². The third kappa shape index (κ3) is 5.76. The molecule has 0 aliphatic rings. The molecule has 0 saturated carbocycles. The van der Waals surface area contributed by atoms with Gasteiger partial charge >= 0.3 is 0 Å². The average Bonchev–Trinajstić information content (AvgIpc) is 2.76. The molecule has 1 amide bonds. The molecule has 0 fully saturated rings. The Labute approximate surface area is 174 Å². The van der Waals surface area contributed by atoms with Crippen LogP contribution in [-0.2, 0) is 6.42 Å². The molecule has 0 atom stereocenters. The van der Waals surface area contributed by atoms with Gasteiger partial charge in [-0.25, -0.2) is 4.39 Å². The Morgan fingerprint density at radius 3 is 2.50 bits per heavy atom. The Balaban J connectivity index is 1.57. The summed E-state index contributed by atoms with van der Waals surface area (Å²) < 4.78 is 19.8. The van der Waals surface area contributed by atoms with E-state index in [9.17, 15) is 14.0 Å². The molecular formula is C23H24FN3O3. The second-order valence-corrected chi connectivity index (χ2v) is 6.80. The van der Waals surface area contributed by atoms with Crippen molar-refractivity contribution in [3.8, 4) is 11.4 Å². The lowest BCUT2D eigenvalue weighted by Gasteiger charge is -2.09. The van der Waals surface area contributed by atoms with E-state index in [1.165, 1.54) is 36.4 Å². The Morgan fingerprint density at radius 2 is 1.80 bits per heavy atom. The van der Waals surface area contributed by atoms with Gasteiger partial charge in [0.05, 0.1) is 12.3 Å². The van der Waals surface area contributed by atoms with E-state index in [1.807, 2.05) is 24.3 Å². The number of halogens is 1. The number of aromatic nitrogens is 2. The van der Waals surface area contributed by atoms with E-state index in [0.717, 1.165) is 28.8 Å². The number of benzene rings is 2. The highest BCUT2D eigenvalue weighted by Gasteiger charge is 2.10. The normalized spacial score (nSPS) is 10.6. The molecule has 3 aromatic rings. The molecule has 1 N–H and O–H groups in total. The predicted octanol–water partition coefficient (Wildman–Crippen LogP) is 3.52. The van der Waals surface area contributed by atoms with Crippen molar-refractivity contribution < 1.29 is 13.9 Å². The highest BCUT2D eigenvalue weighted by Crippen LogP contribution is 2.13. The first-order valence-corrected chi connectivity index (χ1v) is 9.93. The maximum Gasteiger partial charge on any atom is 0.271 e. The molecule has 3 rings (SSSR count). The summed E-state index contributed by atoms with van der Waals surface area (Å²) in [7, 11) is 0. The fourth-order valence-electron chi connectivity index (χ4n) is 2.80. The Bertz CT molecular complexity index is 1030. The summed E-state index contributed by atoms with van der Waals surface area (Å²) in [4.78, 5) is 24.5. The molecule has 2 aromatic carbocycles. The van der Waals surface area contributed by atoms with Crippen molar-refractivity contribution in [2.75, 3.05) is 13.2 Å². The van der Waals surface area contributed by atoms with Gasteiger partial charge in [0, 0.05) is 12.6 Å². The van der Waals surface area contributed by atoms with Gasteiger partial charge in [0.25, 0.3) is 11.5 Å². The molecule has 30 heavy (non-hydrogen) atoms. The van der Waals surface area contributed by atoms with Crippen LogP contribution < -0.4 is 15.6 Å². The van der Waals surface area contributed by atoms with Crippen LogP contribution in [0.3, 0.4) is 0 Å². The van der Waals surface area contributed by atoms with E-state index in [1.54, 1.807) is 0 Å². The second kappa shape index (κ2) is 10.3. The van der Waals surface area contributed by atoms with Crippen LogP contribution in [-0.4, -0.2) is 28.8 Å². The summed E-state index contributed by atoms with van der Waals surface area (Å²) in [6.45, 7) is 3.25. The molecule has 0 radical (unpaired) electrons. The lowest BCUT2D eigenvalue weighted by Crippen LogP contribution is -2.30. The van der Waals surface area contributed by atoms with E-state index in [-0.39, 0.29) is 11.6 Å². The van der Waals surface area contributed by atoms with Crippen LogP contribution in [0.5, 0.6) is 5.75 Å². The lowest BCUT2D eigenvalue weighted by molar-refractivity contribution is 0.0947. The number of amides is 1. The maximum absolute atomic E-state index is 13.1. The van der Waals surface area contributed by atoms with Gasteiger partial charge in [0.1, 0.15) is 17.3 Å². The van der Waals surface area contributed by atoms with Crippen molar-refractivity contribution in [1.82, 2.24) is 15.1 Å². The number of nitrogens with zero attached hydrogens (tertiary/aromatic N) is 2. The first kappa shape index (κ1) is 21.2. The third-order valence-corrected chi connectivity index (χ3v) is 4.49. The topological polar surface area (TPSA) is 73.2 Å². The SMILES string of the molecule is CCCCOc1ccc(CCNC(=O)c2ccc(=O)n(-c3ccc(F)cc3)n2)cc1. The Morgan fingerprint density at radius 1 is 1.07 bits per heavy atom. The number of carbonyl (C=O) groups excluding carboxylic acids is 1. The highest BCUT2D eigenvalue weighted by atomic mass is 19.1. The van der Waals surface area contributed by atoms with E-state index >= 15 is 0 Å². The molecule has 0 bridgehead atoms. The van der Waals surface area contributed by atoms with Gasteiger partial charge in [0.15, 0.2) is 0 Å². The van der Waals surface area contributed by atoms with Gasteiger partial charge in [-0.15, -0.1) is 0 Å². The van der Waals surface area contributed by atoms with Crippen LogP contribution in [0, 0.1) is 5.82 Å². The molecule has 1 heterocycles. The van der Waals surface area contributed by atoms with Crippen molar-refractivity contribution in [3.63, 3.8) is 0 Å². The van der Waals surface area contributed by atoms with E-state index < -0.39 is 11.4 Å². The number of rotatable bonds is 9.